The minimum Gasteiger partial charge on any atom is -0.451 e. The molecule has 0 bridgehead atoms. The minimum absolute atomic E-state index is 0.0940. The molecule has 0 aliphatic carbocycles. The third-order valence-electron chi connectivity index (χ3n) is 2.17. The smallest absolute Gasteiger partial charge is 0.198 e. The van der Waals surface area contributed by atoms with Gasteiger partial charge in [0.2, 0.25) is 0 Å². The fourth-order valence-electron chi connectivity index (χ4n) is 1.39. The first-order valence-corrected chi connectivity index (χ1v) is 5.35. The van der Waals surface area contributed by atoms with E-state index < -0.39 is 17.4 Å². The standard InChI is InChI=1S/C13H7ClF2O2/c14-9-2-1-3-10(6-9)18-13-11(15)4-8(7-17)5-12(13)16/h1-7H. The van der Waals surface area contributed by atoms with Crippen molar-refractivity contribution in [2.45, 2.75) is 0 Å². The summed E-state index contributed by atoms with van der Waals surface area (Å²) < 4.78 is 32.1. The van der Waals surface area contributed by atoms with Crippen LogP contribution >= 0.6 is 11.6 Å². The number of carbonyl (C=O) groups is 1. The molecular formula is C13H7ClF2O2. The monoisotopic (exact) mass is 268 g/mol. The lowest BCUT2D eigenvalue weighted by molar-refractivity contribution is 0.112. The first kappa shape index (κ1) is 12.5. The second-order valence-corrected chi connectivity index (χ2v) is 3.93. The highest BCUT2D eigenvalue weighted by Crippen LogP contribution is 2.29. The number of hydrogen-bond donors (Lipinski definition) is 0. The van der Waals surface area contributed by atoms with E-state index in [-0.39, 0.29) is 11.3 Å². The summed E-state index contributed by atoms with van der Waals surface area (Å²) in [7, 11) is 0. The van der Waals surface area contributed by atoms with Crippen LogP contribution in [0.5, 0.6) is 11.5 Å². The fraction of sp³-hybridized carbons (Fsp3) is 0. The maximum Gasteiger partial charge on any atom is 0.198 e. The Kier molecular flexibility index (Phi) is 3.58. The molecule has 0 unspecified atom stereocenters. The number of hydrogen-bond acceptors (Lipinski definition) is 2. The lowest BCUT2D eigenvalue weighted by Gasteiger charge is -2.08. The van der Waals surface area contributed by atoms with Crippen LogP contribution in [0.25, 0.3) is 0 Å². The topological polar surface area (TPSA) is 26.3 Å². The Morgan fingerprint density at radius 2 is 1.78 bits per heavy atom. The molecule has 0 spiro atoms. The number of ether oxygens (including phenoxy) is 1. The minimum atomic E-state index is -0.947. The summed E-state index contributed by atoms with van der Waals surface area (Å²) in [6.07, 6.45) is 0.356. The fourth-order valence-corrected chi connectivity index (χ4v) is 1.57. The van der Waals surface area contributed by atoms with E-state index in [0.717, 1.165) is 12.1 Å². The molecule has 2 nitrogen and oxygen atoms in total. The van der Waals surface area contributed by atoms with Crippen LogP contribution in [-0.4, -0.2) is 6.29 Å². The summed E-state index contributed by atoms with van der Waals surface area (Å²) in [5.74, 6) is -2.25. The Labute approximate surface area is 107 Å². The van der Waals surface area contributed by atoms with Crippen LogP contribution in [0.2, 0.25) is 5.02 Å². The molecule has 0 saturated heterocycles. The average molecular weight is 269 g/mol. The SMILES string of the molecule is O=Cc1cc(F)c(Oc2cccc(Cl)c2)c(F)c1. The van der Waals surface area contributed by atoms with Crippen molar-refractivity contribution in [1.82, 2.24) is 0 Å². The van der Waals surface area contributed by atoms with Gasteiger partial charge in [0.25, 0.3) is 0 Å². The van der Waals surface area contributed by atoms with Crippen molar-refractivity contribution in [2.24, 2.45) is 0 Å². The van der Waals surface area contributed by atoms with Crippen molar-refractivity contribution >= 4 is 17.9 Å². The first-order chi connectivity index (χ1) is 8.60. The molecular weight excluding hydrogens is 262 g/mol. The molecule has 0 radical (unpaired) electrons. The Bertz CT molecular complexity index is 576. The summed E-state index contributed by atoms with van der Waals surface area (Å²) in [5, 5.41) is 0.387. The molecule has 0 amide bonds. The molecule has 2 aromatic carbocycles. The lowest BCUT2D eigenvalue weighted by Crippen LogP contribution is -1.95. The van der Waals surface area contributed by atoms with Crippen molar-refractivity contribution in [1.29, 1.82) is 0 Å². The maximum absolute atomic E-state index is 13.5. The highest BCUT2D eigenvalue weighted by molar-refractivity contribution is 6.30. The van der Waals surface area contributed by atoms with Gasteiger partial charge in [0.15, 0.2) is 17.4 Å². The molecule has 2 aromatic rings. The van der Waals surface area contributed by atoms with Crippen molar-refractivity contribution in [2.75, 3.05) is 0 Å². The Morgan fingerprint density at radius 3 is 2.33 bits per heavy atom. The normalized spacial score (nSPS) is 10.2. The predicted molar refractivity (Wildman–Crippen MR) is 63.3 cm³/mol. The van der Waals surface area contributed by atoms with E-state index >= 15 is 0 Å². The van der Waals surface area contributed by atoms with E-state index in [1.165, 1.54) is 12.1 Å². The number of benzene rings is 2. The third kappa shape index (κ3) is 2.65. The molecule has 0 heterocycles. The van der Waals surface area contributed by atoms with Crippen LogP contribution in [0, 0.1) is 11.6 Å². The van der Waals surface area contributed by atoms with Gasteiger partial charge < -0.3 is 4.74 Å². The summed E-state index contributed by atoms with van der Waals surface area (Å²) in [4.78, 5) is 10.4. The Morgan fingerprint density at radius 1 is 1.11 bits per heavy atom. The molecule has 0 fully saturated rings. The Balaban J connectivity index is 2.37. The van der Waals surface area contributed by atoms with Gasteiger partial charge >= 0.3 is 0 Å². The summed E-state index contributed by atoms with van der Waals surface area (Å²) in [6, 6.07) is 7.93. The molecule has 92 valence electrons. The quantitative estimate of drug-likeness (QED) is 0.779. The van der Waals surface area contributed by atoms with Crippen LogP contribution in [-0.2, 0) is 0 Å². The van der Waals surface area contributed by atoms with Gasteiger partial charge in [0, 0.05) is 10.6 Å². The van der Waals surface area contributed by atoms with E-state index in [2.05, 4.69) is 0 Å². The van der Waals surface area contributed by atoms with Crippen LogP contribution in [0.3, 0.4) is 0 Å². The molecule has 0 aromatic heterocycles. The van der Waals surface area contributed by atoms with Crippen molar-refractivity contribution < 1.29 is 18.3 Å². The highest BCUT2D eigenvalue weighted by atomic mass is 35.5. The van der Waals surface area contributed by atoms with Crippen molar-refractivity contribution in [3.05, 3.63) is 58.6 Å². The molecule has 5 heteroatoms. The van der Waals surface area contributed by atoms with E-state index in [1.807, 2.05) is 0 Å². The van der Waals surface area contributed by atoms with Crippen molar-refractivity contribution in [3.8, 4) is 11.5 Å². The van der Waals surface area contributed by atoms with Gasteiger partial charge in [-0.3, -0.25) is 4.79 Å². The van der Waals surface area contributed by atoms with Gasteiger partial charge in [0.05, 0.1) is 0 Å². The summed E-state index contributed by atoms with van der Waals surface area (Å²) in [5.41, 5.74) is -0.0940. The molecule has 0 saturated carbocycles. The molecule has 0 aliphatic heterocycles. The van der Waals surface area contributed by atoms with Gasteiger partial charge in [-0.15, -0.1) is 0 Å². The number of rotatable bonds is 3. The number of aldehydes is 1. The van der Waals surface area contributed by atoms with Gasteiger partial charge in [-0.05, 0) is 30.3 Å². The first-order valence-electron chi connectivity index (χ1n) is 4.98. The molecule has 0 atom stereocenters. The van der Waals surface area contributed by atoms with Crippen LogP contribution in [0.4, 0.5) is 8.78 Å². The average Bonchev–Trinajstić information content (AvgIpc) is 2.33. The second kappa shape index (κ2) is 5.14. The number of carbonyl (C=O) groups excluding carboxylic acids is 1. The zero-order chi connectivity index (χ0) is 13.1. The van der Waals surface area contributed by atoms with Crippen LogP contribution < -0.4 is 4.74 Å². The van der Waals surface area contributed by atoms with Gasteiger partial charge in [-0.25, -0.2) is 8.78 Å². The lowest BCUT2D eigenvalue weighted by atomic mass is 10.2. The predicted octanol–water partition coefficient (Wildman–Crippen LogP) is 4.22. The van der Waals surface area contributed by atoms with Gasteiger partial charge in [-0.1, -0.05) is 17.7 Å². The molecule has 2 rings (SSSR count). The number of halogens is 3. The zero-order valence-corrected chi connectivity index (χ0v) is 9.75. The van der Waals surface area contributed by atoms with Crippen LogP contribution in [0.1, 0.15) is 10.4 Å². The van der Waals surface area contributed by atoms with E-state index in [0.29, 0.717) is 11.3 Å². The van der Waals surface area contributed by atoms with Crippen LogP contribution in [0.15, 0.2) is 36.4 Å². The van der Waals surface area contributed by atoms with E-state index in [9.17, 15) is 13.6 Å². The Hall–Kier alpha value is -1.94. The van der Waals surface area contributed by atoms with Gasteiger partial charge in [0.1, 0.15) is 12.0 Å². The molecule has 18 heavy (non-hydrogen) atoms. The van der Waals surface area contributed by atoms with Gasteiger partial charge in [-0.2, -0.15) is 0 Å². The van der Waals surface area contributed by atoms with E-state index in [4.69, 9.17) is 16.3 Å². The maximum atomic E-state index is 13.5. The largest absolute Gasteiger partial charge is 0.451 e. The second-order valence-electron chi connectivity index (χ2n) is 3.49. The zero-order valence-electron chi connectivity index (χ0n) is 8.99. The summed E-state index contributed by atoms with van der Waals surface area (Å²) >= 11 is 5.72. The molecule has 0 N–H and O–H groups in total. The highest BCUT2D eigenvalue weighted by Gasteiger charge is 2.13. The molecule has 0 aliphatic rings. The third-order valence-corrected chi connectivity index (χ3v) is 2.41. The van der Waals surface area contributed by atoms with Crippen molar-refractivity contribution in [3.63, 3.8) is 0 Å². The summed E-state index contributed by atoms with van der Waals surface area (Å²) in [6.45, 7) is 0. The van der Waals surface area contributed by atoms with E-state index in [1.54, 1.807) is 12.1 Å².